The topological polar surface area (TPSA) is 114 Å². The minimum absolute atomic E-state index is 0.153. The number of benzene rings is 3. The first-order valence-corrected chi connectivity index (χ1v) is 10.3. The van der Waals surface area contributed by atoms with Crippen LogP contribution in [0.15, 0.2) is 70.7 Å². The van der Waals surface area contributed by atoms with Gasteiger partial charge in [-0.25, -0.2) is 17.2 Å². The summed E-state index contributed by atoms with van der Waals surface area (Å²) in [5, 5.41) is 15.2. The number of non-ortho nitro benzene ring substituents is 1. The summed E-state index contributed by atoms with van der Waals surface area (Å²) in [7, 11) is -4.31. The van der Waals surface area contributed by atoms with Gasteiger partial charge in [0, 0.05) is 22.8 Å². The van der Waals surface area contributed by atoms with E-state index in [1.807, 2.05) is 0 Å². The van der Waals surface area contributed by atoms with Gasteiger partial charge in [0.1, 0.15) is 16.5 Å². The smallest absolute Gasteiger partial charge is 0.270 e. The third kappa shape index (κ3) is 5.32. The number of hydrogen-bond donors (Lipinski definition) is 2. The van der Waals surface area contributed by atoms with E-state index < -0.39 is 42.7 Å². The van der Waals surface area contributed by atoms with E-state index in [0.29, 0.717) is 5.02 Å². The molecule has 3 aromatic rings. The zero-order valence-electron chi connectivity index (χ0n) is 15.4. The van der Waals surface area contributed by atoms with Crippen molar-refractivity contribution in [3.05, 3.63) is 93.0 Å². The van der Waals surface area contributed by atoms with Crippen LogP contribution in [0.1, 0.15) is 5.56 Å². The molecular weight excluding hydrogens is 454 g/mol. The third-order valence-electron chi connectivity index (χ3n) is 3.94. The Balaban J connectivity index is 1.96. The van der Waals surface area contributed by atoms with Crippen LogP contribution >= 0.6 is 11.6 Å². The average Bonchev–Trinajstić information content (AvgIpc) is 2.71. The van der Waals surface area contributed by atoms with Gasteiger partial charge in [0.25, 0.3) is 15.7 Å². The maximum Gasteiger partial charge on any atom is 0.270 e. The summed E-state index contributed by atoms with van der Waals surface area (Å²) < 4.78 is 55.4. The van der Waals surface area contributed by atoms with Gasteiger partial charge in [0.2, 0.25) is 0 Å². The molecule has 12 heteroatoms. The molecule has 160 valence electrons. The van der Waals surface area contributed by atoms with Gasteiger partial charge in [-0.1, -0.05) is 17.7 Å². The van der Waals surface area contributed by atoms with Gasteiger partial charge in [-0.05, 0) is 42.5 Å². The van der Waals surface area contributed by atoms with Crippen LogP contribution in [0.5, 0.6) is 0 Å². The number of hydrazone groups is 1. The zero-order valence-corrected chi connectivity index (χ0v) is 17.0. The van der Waals surface area contributed by atoms with Crippen molar-refractivity contribution >= 4 is 44.9 Å². The minimum Gasteiger partial charge on any atom is -0.280 e. The normalized spacial score (nSPS) is 11.5. The highest BCUT2D eigenvalue weighted by atomic mass is 35.5. The fourth-order valence-electron chi connectivity index (χ4n) is 2.47. The molecule has 0 unspecified atom stereocenters. The maximum atomic E-state index is 13.7. The summed E-state index contributed by atoms with van der Waals surface area (Å²) >= 11 is 5.78. The van der Waals surface area contributed by atoms with Crippen LogP contribution in [0.3, 0.4) is 0 Å². The zero-order chi connectivity index (χ0) is 22.6. The number of rotatable bonds is 7. The van der Waals surface area contributed by atoms with E-state index in [4.69, 9.17) is 11.6 Å². The van der Waals surface area contributed by atoms with Crippen LogP contribution in [-0.2, 0) is 10.0 Å². The molecule has 0 aromatic heterocycles. The monoisotopic (exact) mass is 466 g/mol. The van der Waals surface area contributed by atoms with Crippen LogP contribution in [0.4, 0.5) is 25.8 Å². The summed E-state index contributed by atoms with van der Waals surface area (Å²) in [5.41, 5.74) is 1.45. The van der Waals surface area contributed by atoms with Crippen molar-refractivity contribution < 1.29 is 22.1 Å². The summed E-state index contributed by atoms with van der Waals surface area (Å²) in [4.78, 5) is 9.85. The predicted octanol–water partition coefficient (Wildman–Crippen LogP) is 4.77. The van der Waals surface area contributed by atoms with Gasteiger partial charge in [-0.3, -0.25) is 20.3 Å². The lowest BCUT2D eigenvalue weighted by Crippen LogP contribution is -2.15. The lowest BCUT2D eigenvalue weighted by molar-refractivity contribution is -0.385. The number of sulfonamides is 1. The SMILES string of the molecule is O=[N+]([O-])c1ccc(NN=Cc2c(F)cccc2F)c(S(=O)(=O)Nc2ccc(Cl)cc2)c1. The summed E-state index contributed by atoms with van der Waals surface area (Å²) in [6, 6.07) is 12.0. The molecule has 0 bridgehead atoms. The third-order valence-corrected chi connectivity index (χ3v) is 5.61. The largest absolute Gasteiger partial charge is 0.280 e. The Morgan fingerprint density at radius 3 is 2.29 bits per heavy atom. The van der Waals surface area contributed by atoms with Crippen molar-refractivity contribution in [3.63, 3.8) is 0 Å². The molecule has 0 heterocycles. The van der Waals surface area contributed by atoms with Crippen molar-refractivity contribution in [2.45, 2.75) is 4.90 Å². The summed E-state index contributed by atoms with van der Waals surface area (Å²) in [6.07, 6.45) is 0.828. The van der Waals surface area contributed by atoms with E-state index in [-0.39, 0.29) is 11.4 Å². The number of nitro benzene ring substituents is 1. The second kappa shape index (κ2) is 9.06. The maximum absolute atomic E-state index is 13.7. The molecule has 0 aliphatic rings. The molecular formula is C19H13ClF2N4O4S. The van der Waals surface area contributed by atoms with Crippen LogP contribution in [0.2, 0.25) is 5.02 Å². The molecule has 0 saturated heterocycles. The number of nitro groups is 1. The molecule has 0 atom stereocenters. The number of hydrogen-bond acceptors (Lipinski definition) is 6. The lowest BCUT2D eigenvalue weighted by atomic mass is 10.2. The second-order valence-corrected chi connectivity index (χ2v) is 8.14. The van der Waals surface area contributed by atoms with Crippen LogP contribution in [0, 0.1) is 21.7 Å². The van der Waals surface area contributed by atoms with Crippen molar-refractivity contribution in [1.82, 2.24) is 0 Å². The van der Waals surface area contributed by atoms with E-state index in [1.54, 1.807) is 0 Å². The van der Waals surface area contributed by atoms with Gasteiger partial charge >= 0.3 is 0 Å². The molecule has 0 aliphatic carbocycles. The molecule has 2 N–H and O–H groups in total. The molecule has 0 fully saturated rings. The van der Waals surface area contributed by atoms with Crippen LogP contribution < -0.4 is 10.1 Å². The first-order valence-electron chi connectivity index (χ1n) is 8.47. The first kappa shape index (κ1) is 22.1. The fraction of sp³-hybridized carbons (Fsp3) is 0. The Hall–Kier alpha value is -3.57. The molecule has 3 aromatic carbocycles. The highest BCUT2D eigenvalue weighted by Gasteiger charge is 2.23. The molecule has 8 nitrogen and oxygen atoms in total. The first-order chi connectivity index (χ1) is 14.7. The molecule has 0 radical (unpaired) electrons. The van der Waals surface area contributed by atoms with Gasteiger partial charge in [-0.2, -0.15) is 5.10 Å². The van der Waals surface area contributed by atoms with Crippen molar-refractivity contribution in [2.24, 2.45) is 5.10 Å². The average molecular weight is 467 g/mol. The molecule has 0 spiro atoms. The van der Waals surface area contributed by atoms with Crippen molar-refractivity contribution in [1.29, 1.82) is 0 Å². The summed E-state index contributed by atoms with van der Waals surface area (Å²) in [6.45, 7) is 0. The predicted molar refractivity (Wildman–Crippen MR) is 113 cm³/mol. The van der Waals surface area contributed by atoms with Gasteiger partial charge < -0.3 is 0 Å². The van der Waals surface area contributed by atoms with Gasteiger partial charge in [-0.15, -0.1) is 0 Å². The highest BCUT2D eigenvalue weighted by molar-refractivity contribution is 7.92. The fourth-order valence-corrected chi connectivity index (χ4v) is 3.83. The molecule has 31 heavy (non-hydrogen) atoms. The Bertz CT molecular complexity index is 1250. The van der Waals surface area contributed by atoms with Gasteiger partial charge in [0.15, 0.2) is 0 Å². The molecule has 0 amide bonds. The summed E-state index contributed by atoms with van der Waals surface area (Å²) in [5.74, 6) is -1.74. The Morgan fingerprint density at radius 2 is 1.68 bits per heavy atom. The van der Waals surface area contributed by atoms with Crippen LogP contribution in [-0.4, -0.2) is 19.6 Å². The van der Waals surface area contributed by atoms with E-state index in [1.165, 1.54) is 30.3 Å². The molecule has 3 rings (SSSR count). The van der Waals surface area contributed by atoms with E-state index in [0.717, 1.165) is 36.5 Å². The number of halogens is 3. The van der Waals surface area contributed by atoms with Crippen molar-refractivity contribution in [3.8, 4) is 0 Å². The van der Waals surface area contributed by atoms with E-state index in [2.05, 4.69) is 15.2 Å². The quantitative estimate of drug-likeness (QED) is 0.295. The molecule has 0 saturated carbocycles. The minimum atomic E-state index is -4.31. The van der Waals surface area contributed by atoms with Gasteiger partial charge in [0.05, 0.1) is 22.4 Å². The lowest BCUT2D eigenvalue weighted by Gasteiger charge is -2.12. The van der Waals surface area contributed by atoms with Crippen LogP contribution in [0.25, 0.3) is 0 Å². The number of anilines is 2. The number of nitrogens with zero attached hydrogens (tertiary/aromatic N) is 2. The highest BCUT2D eigenvalue weighted by Crippen LogP contribution is 2.28. The Kier molecular flexibility index (Phi) is 6.47. The standard InChI is InChI=1S/C19H13ClF2N4O4S/c20-12-4-6-13(7-5-12)25-31(29,30)19-10-14(26(27)28)8-9-18(19)24-23-11-15-16(21)2-1-3-17(15)22/h1-11,24-25H. The number of nitrogens with one attached hydrogen (secondary N) is 2. The van der Waals surface area contributed by atoms with Crippen molar-refractivity contribution in [2.75, 3.05) is 10.1 Å². The Morgan fingerprint density at radius 1 is 1.03 bits per heavy atom. The Labute approximate surface area is 180 Å². The van der Waals surface area contributed by atoms with E-state index in [9.17, 15) is 27.3 Å². The molecule has 0 aliphatic heterocycles. The second-order valence-electron chi connectivity index (χ2n) is 6.06. The van der Waals surface area contributed by atoms with E-state index >= 15 is 0 Å².